The first-order chi connectivity index (χ1) is 15.3. The summed E-state index contributed by atoms with van der Waals surface area (Å²) in [5, 5.41) is 0. The van der Waals surface area contributed by atoms with Gasteiger partial charge in [-0.25, -0.2) is 0 Å². The highest BCUT2D eigenvalue weighted by Crippen LogP contribution is 2.37. The maximum atomic E-state index is 5.63. The monoisotopic (exact) mass is 418 g/mol. The van der Waals surface area contributed by atoms with E-state index in [4.69, 9.17) is 28.4 Å². The van der Waals surface area contributed by atoms with Crippen LogP contribution in [0.3, 0.4) is 0 Å². The van der Waals surface area contributed by atoms with Crippen LogP contribution in [0.5, 0.6) is 34.5 Å². The Kier molecular flexibility index (Phi) is 4.48. The lowest BCUT2D eigenvalue weighted by Crippen LogP contribution is -2.00. The molecule has 0 saturated carbocycles. The predicted molar refractivity (Wildman–Crippen MR) is 113 cm³/mol. The number of fused-ring (bicyclic) bond motifs is 3. The Hall–Kier alpha value is -3.54. The van der Waals surface area contributed by atoms with E-state index < -0.39 is 0 Å². The topological polar surface area (TPSA) is 55.4 Å². The summed E-state index contributed by atoms with van der Waals surface area (Å²) in [6.07, 6.45) is 3.64. The van der Waals surface area contributed by atoms with Crippen LogP contribution in [-0.4, -0.2) is 20.4 Å². The quantitative estimate of drug-likeness (QED) is 0.590. The van der Waals surface area contributed by atoms with Crippen LogP contribution in [0, 0.1) is 0 Å². The van der Waals surface area contributed by atoms with Crippen molar-refractivity contribution in [3.05, 3.63) is 70.8 Å². The van der Waals surface area contributed by atoms with E-state index in [0.717, 1.165) is 60.2 Å². The van der Waals surface area contributed by atoms with Gasteiger partial charge in [-0.2, -0.15) is 0 Å². The van der Waals surface area contributed by atoms with E-state index in [1.807, 2.05) is 12.1 Å². The third-order valence-corrected chi connectivity index (χ3v) is 5.93. The summed E-state index contributed by atoms with van der Waals surface area (Å²) in [7, 11) is 0. The highest BCUT2D eigenvalue weighted by Gasteiger charge is 2.19. The predicted octanol–water partition coefficient (Wildman–Crippen LogP) is 4.44. The molecule has 0 bridgehead atoms. The van der Waals surface area contributed by atoms with Crippen LogP contribution in [0.1, 0.15) is 22.3 Å². The summed E-state index contributed by atoms with van der Waals surface area (Å²) in [4.78, 5) is 0. The molecular formula is C25H22O6. The average molecular weight is 418 g/mol. The normalized spacial score (nSPS) is 14.8. The zero-order valence-corrected chi connectivity index (χ0v) is 17.0. The Morgan fingerprint density at radius 3 is 1.26 bits per heavy atom. The van der Waals surface area contributed by atoms with Crippen LogP contribution in [0.2, 0.25) is 0 Å². The minimum atomic E-state index is 0.280. The molecule has 0 atom stereocenters. The largest absolute Gasteiger partial charge is 0.454 e. The molecule has 3 aromatic rings. The van der Waals surface area contributed by atoms with Gasteiger partial charge < -0.3 is 28.4 Å². The smallest absolute Gasteiger partial charge is 0.231 e. The number of rotatable bonds is 6. The first-order valence-electron chi connectivity index (χ1n) is 10.5. The van der Waals surface area contributed by atoms with Crippen molar-refractivity contribution in [1.82, 2.24) is 0 Å². The first kappa shape index (κ1) is 18.2. The van der Waals surface area contributed by atoms with E-state index in [9.17, 15) is 0 Å². The maximum absolute atomic E-state index is 5.63. The summed E-state index contributed by atoms with van der Waals surface area (Å²) >= 11 is 0. The van der Waals surface area contributed by atoms with Gasteiger partial charge >= 0.3 is 0 Å². The number of aryl methyl sites for hydroxylation is 4. The summed E-state index contributed by atoms with van der Waals surface area (Å²) in [6, 6.07) is 16.6. The van der Waals surface area contributed by atoms with Crippen LogP contribution >= 0.6 is 0 Å². The molecule has 3 aromatic carbocycles. The Morgan fingerprint density at radius 1 is 0.419 bits per heavy atom. The van der Waals surface area contributed by atoms with Gasteiger partial charge in [-0.1, -0.05) is 12.1 Å². The van der Waals surface area contributed by atoms with E-state index in [-0.39, 0.29) is 6.79 Å². The zero-order chi connectivity index (χ0) is 20.6. The van der Waals surface area contributed by atoms with Crippen molar-refractivity contribution in [2.24, 2.45) is 0 Å². The van der Waals surface area contributed by atoms with Gasteiger partial charge in [0.2, 0.25) is 20.4 Å². The van der Waals surface area contributed by atoms with E-state index in [1.54, 1.807) is 0 Å². The molecule has 6 heteroatoms. The van der Waals surface area contributed by atoms with Crippen molar-refractivity contribution >= 4 is 0 Å². The summed E-state index contributed by atoms with van der Waals surface area (Å²) in [5.74, 6) is 4.94. The van der Waals surface area contributed by atoms with Crippen LogP contribution in [0.25, 0.3) is 0 Å². The van der Waals surface area contributed by atoms with Crippen molar-refractivity contribution in [2.75, 3.05) is 20.4 Å². The van der Waals surface area contributed by atoms with Gasteiger partial charge in [0.1, 0.15) is 0 Å². The first-order valence-corrected chi connectivity index (χ1v) is 10.5. The highest BCUT2D eigenvalue weighted by molar-refractivity contribution is 5.50. The maximum Gasteiger partial charge on any atom is 0.231 e. The van der Waals surface area contributed by atoms with Gasteiger partial charge in [-0.05, 0) is 84.3 Å². The molecule has 0 saturated heterocycles. The molecule has 3 heterocycles. The molecule has 0 aliphatic carbocycles. The lowest BCUT2D eigenvalue weighted by atomic mass is 9.94. The standard InChI is InChI=1S/C25H22O6/c1(16-3-7-20-22(9-16)28-13-26-20)5-18-11-24-25(31-15-30-24)12-19(18)6-2-17-4-8-21-23(10-17)29-14-27-21/h3-4,7-12H,1-2,5-6,13-15H2. The fourth-order valence-electron chi connectivity index (χ4n) is 4.24. The molecule has 0 amide bonds. The second-order valence-electron chi connectivity index (χ2n) is 7.85. The summed E-state index contributed by atoms with van der Waals surface area (Å²) in [6.45, 7) is 0.873. The lowest BCUT2D eigenvalue weighted by Gasteiger charge is -2.12. The minimum absolute atomic E-state index is 0.280. The molecule has 0 radical (unpaired) electrons. The molecular weight excluding hydrogens is 396 g/mol. The Balaban J connectivity index is 1.21. The number of benzene rings is 3. The molecule has 0 unspecified atom stereocenters. The van der Waals surface area contributed by atoms with Gasteiger partial charge in [0.25, 0.3) is 0 Å². The molecule has 0 fully saturated rings. The van der Waals surface area contributed by atoms with Crippen LogP contribution in [0.15, 0.2) is 48.5 Å². The van der Waals surface area contributed by atoms with E-state index in [0.29, 0.717) is 13.6 Å². The molecule has 31 heavy (non-hydrogen) atoms. The fraction of sp³-hybridized carbons (Fsp3) is 0.280. The molecule has 6 rings (SSSR count). The molecule has 3 aliphatic heterocycles. The molecule has 3 aliphatic rings. The highest BCUT2D eigenvalue weighted by atomic mass is 16.7. The van der Waals surface area contributed by atoms with E-state index in [1.165, 1.54) is 22.3 Å². The van der Waals surface area contributed by atoms with Crippen LogP contribution in [-0.2, 0) is 25.7 Å². The van der Waals surface area contributed by atoms with Crippen LogP contribution < -0.4 is 28.4 Å². The van der Waals surface area contributed by atoms with Crippen molar-refractivity contribution < 1.29 is 28.4 Å². The van der Waals surface area contributed by atoms with Crippen molar-refractivity contribution in [3.63, 3.8) is 0 Å². The van der Waals surface area contributed by atoms with E-state index >= 15 is 0 Å². The third kappa shape index (κ3) is 3.58. The van der Waals surface area contributed by atoms with Gasteiger partial charge in [0.05, 0.1) is 0 Å². The second kappa shape index (κ2) is 7.61. The zero-order valence-electron chi connectivity index (χ0n) is 17.0. The van der Waals surface area contributed by atoms with E-state index in [2.05, 4.69) is 36.4 Å². The average Bonchev–Trinajstić information content (AvgIpc) is 3.55. The Labute approximate surface area is 180 Å². The number of hydrogen-bond acceptors (Lipinski definition) is 6. The van der Waals surface area contributed by atoms with Crippen molar-refractivity contribution in [2.45, 2.75) is 25.7 Å². The van der Waals surface area contributed by atoms with Crippen LogP contribution in [0.4, 0.5) is 0 Å². The molecule has 0 aromatic heterocycles. The fourth-order valence-corrected chi connectivity index (χ4v) is 4.24. The van der Waals surface area contributed by atoms with Gasteiger partial charge in [0.15, 0.2) is 34.5 Å². The molecule has 0 spiro atoms. The third-order valence-electron chi connectivity index (χ3n) is 5.93. The number of ether oxygens (including phenoxy) is 6. The summed E-state index contributed by atoms with van der Waals surface area (Å²) in [5.41, 5.74) is 5.01. The molecule has 158 valence electrons. The van der Waals surface area contributed by atoms with Crippen molar-refractivity contribution in [3.8, 4) is 34.5 Å². The Morgan fingerprint density at radius 2 is 0.806 bits per heavy atom. The van der Waals surface area contributed by atoms with Gasteiger partial charge in [0, 0.05) is 0 Å². The van der Waals surface area contributed by atoms with Gasteiger partial charge in [-0.15, -0.1) is 0 Å². The molecule has 6 nitrogen and oxygen atoms in total. The number of hydrogen-bond donors (Lipinski definition) is 0. The SMILES string of the molecule is c1cc2c(cc1CCc1cc3c(cc1CCc1ccc4c(c1)OCO4)OCO3)OCO2. The molecule has 0 N–H and O–H groups in total. The Bertz CT molecular complexity index is 1050. The van der Waals surface area contributed by atoms with Gasteiger partial charge in [-0.3, -0.25) is 0 Å². The van der Waals surface area contributed by atoms with Crippen molar-refractivity contribution in [1.29, 1.82) is 0 Å². The lowest BCUT2D eigenvalue weighted by molar-refractivity contribution is 0.173. The second-order valence-corrected chi connectivity index (χ2v) is 7.85. The summed E-state index contributed by atoms with van der Waals surface area (Å²) < 4.78 is 33.1. The minimum Gasteiger partial charge on any atom is -0.454 e.